The molecule has 0 aromatic carbocycles. The van der Waals surface area contributed by atoms with E-state index in [-0.39, 0.29) is 18.6 Å². The molecule has 2 heterocycles. The van der Waals surface area contributed by atoms with Crippen LogP contribution in [0.15, 0.2) is 6.33 Å². The van der Waals surface area contributed by atoms with Crippen LogP contribution < -0.4 is 10.1 Å². The Morgan fingerprint density at radius 2 is 2.32 bits per heavy atom. The molecule has 5 nitrogen and oxygen atoms in total. The lowest BCUT2D eigenvalue weighted by atomic mass is 9.89. The average Bonchev–Trinajstić information content (AvgIpc) is 2.82. The highest BCUT2D eigenvalue weighted by atomic mass is 32.1. The first-order valence-electron chi connectivity index (χ1n) is 7.72. The topological polar surface area (TPSA) is 64.1 Å². The van der Waals surface area contributed by atoms with Crippen LogP contribution in [0.1, 0.15) is 37.6 Å². The largest absolute Gasteiger partial charge is 0.467 e. The first-order chi connectivity index (χ1) is 10.5. The van der Waals surface area contributed by atoms with E-state index >= 15 is 0 Å². The monoisotopic (exact) mass is 319 g/mol. The minimum absolute atomic E-state index is 0.00861. The number of amides is 1. The predicted molar refractivity (Wildman–Crippen MR) is 87.4 cm³/mol. The van der Waals surface area contributed by atoms with Crippen molar-refractivity contribution in [3.63, 3.8) is 0 Å². The lowest BCUT2D eigenvalue weighted by molar-refractivity contribution is -0.123. The number of nitrogens with zero attached hydrogens (tertiary/aromatic N) is 2. The molecule has 2 aromatic rings. The van der Waals surface area contributed by atoms with Gasteiger partial charge >= 0.3 is 0 Å². The van der Waals surface area contributed by atoms with Crippen molar-refractivity contribution in [2.45, 2.75) is 46.1 Å². The first kappa shape index (κ1) is 15.2. The van der Waals surface area contributed by atoms with Crippen molar-refractivity contribution in [3.8, 4) is 5.88 Å². The summed E-state index contributed by atoms with van der Waals surface area (Å²) in [6.07, 6.45) is 4.84. The Kier molecular flexibility index (Phi) is 4.29. The van der Waals surface area contributed by atoms with Gasteiger partial charge in [-0.2, -0.15) is 0 Å². The molecule has 0 fully saturated rings. The molecule has 0 spiro atoms. The van der Waals surface area contributed by atoms with Gasteiger partial charge < -0.3 is 10.1 Å². The number of ether oxygens (including phenoxy) is 1. The van der Waals surface area contributed by atoms with Crippen LogP contribution in [0, 0.1) is 5.92 Å². The summed E-state index contributed by atoms with van der Waals surface area (Å²) in [5, 5.41) is 3.82. The molecule has 118 valence electrons. The quantitative estimate of drug-likeness (QED) is 0.941. The SMILES string of the molecule is CC(C)NC(=O)COc1ncnc2sc3c(c12)CC[C@H](C)C3. The third-order valence-electron chi connectivity index (χ3n) is 3.85. The summed E-state index contributed by atoms with van der Waals surface area (Å²) in [6, 6.07) is 0.108. The maximum Gasteiger partial charge on any atom is 0.258 e. The minimum atomic E-state index is -0.125. The normalized spacial score (nSPS) is 17.5. The standard InChI is InChI=1S/C16H21N3O2S/c1-9(2)19-13(20)7-21-15-14-11-5-4-10(3)6-12(11)22-16(14)18-8-17-15/h8-10H,4-7H2,1-3H3,(H,19,20)/t10-/m0/s1. The molecule has 22 heavy (non-hydrogen) atoms. The fourth-order valence-corrected chi connectivity index (χ4v) is 4.19. The second-order valence-electron chi connectivity index (χ2n) is 6.22. The van der Waals surface area contributed by atoms with Crippen LogP contribution in [-0.4, -0.2) is 28.5 Å². The molecule has 0 bridgehead atoms. The van der Waals surface area contributed by atoms with Crippen molar-refractivity contribution < 1.29 is 9.53 Å². The molecule has 6 heteroatoms. The van der Waals surface area contributed by atoms with Gasteiger partial charge in [-0.25, -0.2) is 9.97 Å². The minimum Gasteiger partial charge on any atom is -0.467 e. The van der Waals surface area contributed by atoms with Gasteiger partial charge in [0.05, 0.1) is 5.39 Å². The number of fused-ring (bicyclic) bond motifs is 3. The Morgan fingerprint density at radius 3 is 3.09 bits per heavy atom. The molecular formula is C16H21N3O2S. The summed E-state index contributed by atoms with van der Waals surface area (Å²) in [7, 11) is 0. The van der Waals surface area contributed by atoms with Crippen molar-refractivity contribution in [1.29, 1.82) is 0 Å². The predicted octanol–water partition coefficient (Wildman–Crippen LogP) is 2.72. The molecular weight excluding hydrogens is 298 g/mol. The van der Waals surface area contributed by atoms with E-state index in [9.17, 15) is 4.79 Å². The molecule has 0 saturated carbocycles. The van der Waals surface area contributed by atoms with E-state index in [0.717, 1.165) is 29.0 Å². The number of hydrogen-bond donors (Lipinski definition) is 1. The van der Waals surface area contributed by atoms with Gasteiger partial charge in [0.2, 0.25) is 5.88 Å². The van der Waals surface area contributed by atoms with Crippen LogP contribution in [0.2, 0.25) is 0 Å². The second-order valence-corrected chi connectivity index (χ2v) is 7.31. The van der Waals surface area contributed by atoms with E-state index in [4.69, 9.17) is 4.74 Å². The van der Waals surface area contributed by atoms with Crippen LogP contribution in [0.3, 0.4) is 0 Å². The molecule has 0 aliphatic heterocycles. The number of carbonyl (C=O) groups excluding carboxylic acids is 1. The van der Waals surface area contributed by atoms with Crippen LogP contribution in [0.4, 0.5) is 0 Å². The summed E-state index contributed by atoms with van der Waals surface area (Å²) in [5.41, 5.74) is 1.32. The number of aromatic nitrogens is 2. The molecule has 0 unspecified atom stereocenters. The third-order valence-corrected chi connectivity index (χ3v) is 5.01. The van der Waals surface area contributed by atoms with E-state index < -0.39 is 0 Å². The van der Waals surface area contributed by atoms with Crippen molar-refractivity contribution in [2.24, 2.45) is 5.92 Å². The summed E-state index contributed by atoms with van der Waals surface area (Å²) in [6.45, 7) is 6.13. The number of thiophene rings is 1. The Balaban J connectivity index is 1.85. The van der Waals surface area contributed by atoms with Crippen LogP contribution in [-0.2, 0) is 17.6 Å². The maximum atomic E-state index is 11.8. The van der Waals surface area contributed by atoms with E-state index in [1.165, 1.54) is 23.2 Å². The van der Waals surface area contributed by atoms with Crippen molar-refractivity contribution in [3.05, 3.63) is 16.8 Å². The average molecular weight is 319 g/mol. The molecule has 0 radical (unpaired) electrons. The van der Waals surface area contributed by atoms with Crippen molar-refractivity contribution >= 4 is 27.5 Å². The molecule has 0 saturated heterocycles. The molecule has 3 rings (SSSR count). The number of carbonyl (C=O) groups is 1. The summed E-state index contributed by atoms with van der Waals surface area (Å²) in [4.78, 5) is 22.7. The van der Waals surface area contributed by atoms with Gasteiger partial charge in [0, 0.05) is 10.9 Å². The van der Waals surface area contributed by atoms with E-state index in [0.29, 0.717) is 5.88 Å². The Hall–Kier alpha value is -1.69. The molecule has 1 atom stereocenters. The summed E-state index contributed by atoms with van der Waals surface area (Å²) in [5.74, 6) is 1.13. The van der Waals surface area contributed by atoms with Gasteiger partial charge in [-0.1, -0.05) is 6.92 Å². The highest BCUT2D eigenvalue weighted by Gasteiger charge is 2.23. The number of nitrogens with one attached hydrogen (secondary N) is 1. The lowest BCUT2D eigenvalue weighted by Crippen LogP contribution is -2.34. The number of aryl methyl sites for hydroxylation is 1. The molecule has 1 aliphatic carbocycles. The van der Waals surface area contributed by atoms with Crippen LogP contribution in [0.5, 0.6) is 5.88 Å². The number of rotatable bonds is 4. The van der Waals surface area contributed by atoms with E-state index in [1.807, 2.05) is 13.8 Å². The molecule has 1 aliphatic rings. The molecule has 1 amide bonds. The van der Waals surface area contributed by atoms with Crippen LogP contribution in [0.25, 0.3) is 10.2 Å². The van der Waals surface area contributed by atoms with Gasteiger partial charge in [0.15, 0.2) is 6.61 Å². The Bertz CT molecular complexity index is 696. The Labute approximate surface area is 134 Å². The van der Waals surface area contributed by atoms with Gasteiger partial charge in [0.1, 0.15) is 11.2 Å². The number of hydrogen-bond acceptors (Lipinski definition) is 5. The van der Waals surface area contributed by atoms with E-state index in [2.05, 4.69) is 22.2 Å². The highest BCUT2D eigenvalue weighted by molar-refractivity contribution is 7.18. The van der Waals surface area contributed by atoms with Gasteiger partial charge in [0.25, 0.3) is 5.91 Å². The van der Waals surface area contributed by atoms with Gasteiger partial charge in [-0.15, -0.1) is 11.3 Å². The fraction of sp³-hybridized carbons (Fsp3) is 0.562. The van der Waals surface area contributed by atoms with E-state index in [1.54, 1.807) is 11.3 Å². The lowest BCUT2D eigenvalue weighted by Gasteiger charge is -2.18. The van der Waals surface area contributed by atoms with Gasteiger partial charge in [-0.05, 0) is 44.6 Å². The third kappa shape index (κ3) is 3.06. The zero-order chi connectivity index (χ0) is 15.7. The van der Waals surface area contributed by atoms with Crippen LogP contribution >= 0.6 is 11.3 Å². The van der Waals surface area contributed by atoms with Crippen molar-refractivity contribution in [2.75, 3.05) is 6.61 Å². The Morgan fingerprint density at radius 1 is 1.50 bits per heavy atom. The zero-order valence-corrected chi connectivity index (χ0v) is 14.0. The smallest absolute Gasteiger partial charge is 0.258 e. The first-order valence-corrected chi connectivity index (χ1v) is 8.53. The second kappa shape index (κ2) is 6.20. The van der Waals surface area contributed by atoms with Crippen molar-refractivity contribution in [1.82, 2.24) is 15.3 Å². The zero-order valence-electron chi connectivity index (χ0n) is 13.2. The fourth-order valence-electron chi connectivity index (χ4n) is 2.85. The molecule has 1 N–H and O–H groups in total. The summed E-state index contributed by atoms with van der Waals surface area (Å²) >= 11 is 1.73. The maximum absolute atomic E-state index is 11.8. The highest BCUT2D eigenvalue weighted by Crippen LogP contribution is 2.40. The summed E-state index contributed by atoms with van der Waals surface area (Å²) < 4.78 is 5.68. The van der Waals surface area contributed by atoms with Gasteiger partial charge in [-0.3, -0.25) is 4.79 Å². The molecule has 2 aromatic heterocycles.